The van der Waals surface area contributed by atoms with E-state index in [0.29, 0.717) is 0 Å². The van der Waals surface area contributed by atoms with Gasteiger partial charge in [0.15, 0.2) is 0 Å². The largest absolute Gasteiger partial charge is 0.377 e. The minimum absolute atomic E-state index is 0.158. The molecule has 0 aliphatic heterocycles. The summed E-state index contributed by atoms with van der Waals surface area (Å²) in [5, 5.41) is 4.34. The Labute approximate surface area is 116 Å². The van der Waals surface area contributed by atoms with E-state index in [-0.39, 0.29) is 11.6 Å². The Morgan fingerprint density at radius 3 is 2.61 bits per heavy atom. The molecule has 0 aromatic heterocycles. The van der Waals surface area contributed by atoms with Crippen LogP contribution in [0.3, 0.4) is 0 Å². The Hall–Kier alpha value is -0.570. The Morgan fingerprint density at radius 2 is 2.11 bits per heavy atom. The first-order valence-electron chi connectivity index (χ1n) is 6.61. The number of ether oxygens (including phenoxy) is 1. The van der Waals surface area contributed by atoms with Gasteiger partial charge < -0.3 is 10.1 Å². The number of methoxy groups -OCH3 is 1. The maximum absolute atomic E-state index is 6.09. The summed E-state index contributed by atoms with van der Waals surface area (Å²) in [4.78, 5) is 0. The smallest absolute Gasteiger partial charge is 0.0841 e. The van der Waals surface area contributed by atoms with Gasteiger partial charge in [0, 0.05) is 12.1 Å². The van der Waals surface area contributed by atoms with Gasteiger partial charge in [0.2, 0.25) is 0 Å². The normalized spacial score (nSPS) is 16.3. The molecule has 0 bridgehead atoms. The van der Waals surface area contributed by atoms with Gasteiger partial charge in [-0.2, -0.15) is 0 Å². The molecule has 0 saturated heterocycles. The Balaban J connectivity index is 3.04. The van der Waals surface area contributed by atoms with E-state index in [1.165, 1.54) is 5.56 Å². The van der Waals surface area contributed by atoms with Gasteiger partial charge in [-0.15, -0.1) is 0 Å². The van der Waals surface area contributed by atoms with Crippen LogP contribution in [0, 0.1) is 0 Å². The number of rotatable bonds is 7. The van der Waals surface area contributed by atoms with Gasteiger partial charge in [0.25, 0.3) is 0 Å². The molecule has 2 atom stereocenters. The van der Waals surface area contributed by atoms with Crippen molar-refractivity contribution in [3.63, 3.8) is 0 Å². The van der Waals surface area contributed by atoms with E-state index in [4.69, 9.17) is 16.3 Å². The number of benzene rings is 1. The fraction of sp³-hybridized carbons (Fsp3) is 0.600. The van der Waals surface area contributed by atoms with Crippen LogP contribution in [0.1, 0.15) is 45.2 Å². The molecule has 1 aromatic carbocycles. The standard InChI is InChI=1S/C15H24ClNO/c1-5-10-17-14(15(3,6-2)18-4)12-8-7-9-13(16)11-12/h7-9,11,14,17H,5-6,10H2,1-4H3. The molecule has 0 radical (unpaired) electrons. The van der Waals surface area contributed by atoms with E-state index in [0.717, 1.165) is 24.4 Å². The van der Waals surface area contributed by atoms with E-state index in [2.05, 4.69) is 32.2 Å². The average Bonchev–Trinajstić information content (AvgIpc) is 2.39. The summed E-state index contributed by atoms with van der Waals surface area (Å²) in [5.41, 5.74) is 0.960. The van der Waals surface area contributed by atoms with Crippen molar-refractivity contribution in [1.29, 1.82) is 0 Å². The molecule has 0 aliphatic rings. The summed E-state index contributed by atoms with van der Waals surface area (Å²) in [5.74, 6) is 0. The molecule has 3 heteroatoms. The fourth-order valence-corrected chi connectivity index (χ4v) is 2.33. The van der Waals surface area contributed by atoms with E-state index in [1.54, 1.807) is 7.11 Å². The zero-order valence-corrected chi connectivity index (χ0v) is 12.6. The van der Waals surface area contributed by atoms with Crippen LogP contribution in [0.25, 0.3) is 0 Å². The van der Waals surface area contributed by atoms with Gasteiger partial charge >= 0.3 is 0 Å². The second-order valence-electron chi connectivity index (χ2n) is 4.81. The lowest BCUT2D eigenvalue weighted by molar-refractivity contribution is -0.0299. The topological polar surface area (TPSA) is 21.3 Å². The molecule has 0 aliphatic carbocycles. The number of nitrogens with one attached hydrogen (secondary N) is 1. The van der Waals surface area contributed by atoms with Crippen molar-refractivity contribution < 1.29 is 4.74 Å². The molecule has 0 amide bonds. The predicted octanol–water partition coefficient (Wildman–Crippen LogP) is 4.20. The Bertz CT molecular complexity index is 363. The summed E-state index contributed by atoms with van der Waals surface area (Å²) >= 11 is 6.09. The van der Waals surface area contributed by atoms with E-state index < -0.39 is 0 Å². The zero-order chi connectivity index (χ0) is 13.6. The SMILES string of the molecule is CCCNC(c1cccc(Cl)c1)C(C)(CC)OC. The third-order valence-corrected chi connectivity index (χ3v) is 3.79. The maximum Gasteiger partial charge on any atom is 0.0841 e. The Kier molecular flexibility index (Phi) is 6.13. The van der Waals surface area contributed by atoms with Gasteiger partial charge in [-0.25, -0.2) is 0 Å². The highest BCUT2D eigenvalue weighted by molar-refractivity contribution is 6.30. The van der Waals surface area contributed by atoms with Crippen molar-refractivity contribution in [2.75, 3.05) is 13.7 Å². The first kappa shape index (κ1) is 15.5. The highest BCUT2D eigenvalue weighted by Gasteiger charge is 2.33. The van der Waals surface area contributed by atoms with Crippen LogP contribution >= 0.6 is 11.6 Å². The lowest BCUT2D eigenvalue weighted by Crippen LogP contribution is -2.43. The summed E-state index contributed by atoms with van der Waals surface area (Å²) in [7, 11) is 1.77. The third kappa shape index (κ3) is 3.71. The van der Waals surface area contributed by atoms with Gasteiger partial charge in [-0.05, 0) is 44.0 Å². The minimum atomic E-state index is -0.222. The van der Waals surface area contributed by atoms with Crippen LogP contribution in [-0.2, 0) is 4.74 Å². The van der Waals surface area contributed by atoms with Gasteiger partial charge in [0.05, 0.1) is 11.6 Å². The molecule has 1 N–H and O–H groups in total. The number of hydrogen-bond donors (Lipinski definition) is 1. The molecule has 1 rings (SSSR count). The summed E-state index contributed by atoms with van der Waals surface area (Å²) in [6, 6.07) is 8.17. The fourth-order valence-electron chi connectivity index (χ4n) is 2.13. The average molecular weight is 270 g/mol. The minimum Gasteiger partial charge on any atom is -0.377 e. The molecular formula is C15H24ClNO. The zero-order valence-electron chi connectivity index (χ0n) is 11.8. The Morgan fingerprint density at radius 1 is 1.39 bits per heavy atom. The van der Waals surface area contributed by atoms with Crippen molar-refractivity contribution in [2.45, 2.75) is 45.3 Å². The lowest BCUT2D eigenvalue weighted by Gasteiger charge is -2.37. The van der Waals surface area contributed by atoms with Gasteiger partial charge in [0.1, 0.15) is 0 Å². The van der Waals surface area contributed by atoms with Crippen LogP contribution in [0.15, 0.2) is 24.3 Å². The predicted molar refractivity (Wildman–Crippen MR) is 78.2 cm³/mol. The molecule has 18 heavy (non-hydrogen) atoms. The van der Waals surface area contributed by atoms with Crippen LogP contribution in [-0.4, -0.2) is 19.3 Å². The molecule has 0 spiro atoms. The van der Waals surface area contributed by atoms with Crippen LogP contribution in [0.5, 0.6) is 0 Å². The third-order valence-electron chi connectivity index (χ3n) is 3.56. The molecule has 1 aromatic rings. The van der Waals surface area contributed by atoms with Crippen LogP contribution in [0.4, 0.5) is 0 Å². The van der Waals surface area contributed by atoms with Gasteiger partial charge in [-0.3, -0.25) is 0 Å². The maximum atomic E-state index is 6.09. The van der Waals surface area contributed by atoms with Gasteiger partial charge in [-0.1, -0.05) is 37.6 Å². The highest BCUT2D eigenvalue weighted by Crippen LogP contribution is 2.32. The number of halogens is 1. The van der Waals surface area contributed by atoms with E-state index in [9.17, 15) is 0 Å². The van der Waals surface area contributed by atoms with Crippen molar-refractivity contribution in [2.24, 2.45) is 0 Å². The lowest BCUT2D eigenvalue weighted by atomic mass is 9.87. The molecule has 102 valence electrons. The summed E-state index contributed by atoms with van der Waals surface area (Å²) in [6.45, 7) is 7.42. The second-order valence-corrected chi connectivity index (χ2v) is 5.25. The summed E-state index contributed by atoms with van der Waals surface area (Å²) < 4.78 is 5.73. The summed E-state index contributed by atoms with van der Waals surface area (Å²) in [6.07, 6.45) is 2.04. The highest BCUT2D eigenvalue weighted by atomic mass is 35.5. The monoisotopic (exact) mass is 269 g/mol. The van der Waals surface area contributed by atoms with Crippen molar-refractivity contribution >= 4 is 11.6 Å². The van der Waals surface area contributed by atoms with Crippen LogP contribution in [0.2, 0.25) is 5.02 Å². The molecule has 0 saturated carbocycles. The molecule has 0 heterocycles. The van der Waals surface area contributed by atoms with Crippen LogP contribution < -0.4 is 5.32 Å². The van der Waals surface area contributed by atoms with Crippen molar-refractivity contribution in [3.05, 3.63) is 34.9 Å². The molecule has 2 nitrogen and oxygen atoms in total. The number of hydrogen-bond acceptors (Lipinski definition) is 2. The van der Waals surface area contributed by atoms with E-state index in [1.807, 2.05) is 18.2 Å². The molecule has 2 unspecified atom stereocenters. The van der Waals surface area contributed by atoms with Crippen molar-refractivity contribution in [1.82, 2.24) is 5.32 Å². The van der Waals surface area contributed by atoms with E-state index >= 15 is 0 Å². The first-order valence-corrected chi connectivity index (χ1v) is 6.99. The first-order chi connectivity index (χ1) is 8.57. The quantitative estimate of drug-likeness (QED) is 0.801. The molecular weight excluding hydrogens is 246 g/mol. The molecule has 0 fully saturated rings. The second kappa shape index (κ2) is 7.13. The van der Waals surface area contributed by atoms with Crippen molar-refractivity contribution in [3.8, 4) is 0 Å².